The number of benzene rings is 1. The number of halogens is 1. The van der Waals surface area contributed by atoms with Gasteiger partial charge in [0.1, 0.15) is 5.84 Å². The number of rotatable bonds is 5. The normalized spacial score (nSPS) is 10.8. The van der Waals surface area contributed by atoms with Gasteiger partial charge in [0, 0.05) is 14.9 Å². The number of nitrogens with two attached hydrogens (primary N) is 1. The summed E-state index contributed by atoms with van der Waals surface area (Å²) in [4.78, 5) is 1.21. The number of thioether (sulfide) groups is 1. The van der Waals surface area contributed by atoms with Gasteiger partial charge >= 0.3 is 0 Å². The highest BCUT2D eigenvalue weighted by atomic mass is 79.9. The third-order valence-corrected chi connectivity index (χ3v) is 4.22. The maximum atomic E-state index is 7.35. The van der Waals surface area contributed by atoms with Crippen molar-refractivity contribution in [2.24, 2.45) is 11.7 Å². The van der Waals surface area contributed by atoms with Gasteiger partial charge in [-0.1, -0.05) is 19.9 Å². The Kier molecular flexibility index (Phi) is 5.35. The van der Waals surface area contributed by atoms with Gasteiger partial charge in [0.05, 0.1) is 0 Å². The molecule has 1 aromatic rings. The predicted molar refractivity (Wildman–Crippen MR) is 75.3 cm³/mol. The van der Waals surface area contributed by atoms with Crippen LogP contribution in [-0.2, 0) is 0 Å². The van der Waals surface area contributed by atoms with Gasteiger partial charge in [-0.25, -0.2) is 0 Å². The second-order valence-electron chi connectivity index (χ2n) is 4.09. The number of nitrogens with one attached hydrogen (secondary N) is 1. The summed E-state index contributed by atoms with van der Waals surface area (Å²) in [6.45, 7) is 4.46. The first-order chi connectivity index (χ1) is 7.50. The lowest BCUT2D eigenvalue weighted by Crippen LogP contribution is -2.10. The first-order valence-corrected chi connectivity index (χ1v) is 7.05. The van der Waals surface area contributed by atoms with Gasteiger partial charge in [0.15, 0.2) is 0 Å². The SMILES string of the molecule is CC(C)CCSc1ccc(C(=N)N)cc1Br. The Morgan fingerprint density at radius 1 is 1.50 bits per heavy atom. The lowest BCUT2D eigenvalue weighted by atomic mass is 10.2. The molecule has 0 fully saturated rings. The molecule has 0 amide bonds. The van der Waals surface area contributed by atoms with Gasteiger partial charge < -0.3 is 5.73 Å². The molecule has 2 nitrogen and oxygen atoms in total. The van der Waals surface area contributed by atoms with Crippen LogP contribution in [0.2, 0.25) is 0 Å². The van der Waals surface area contributed by atoms with Crippen molar-refractivity contribution >= 4 is 33.5 Å². The van der Waals surface area contributed by atoms with E-state index in [1.165, 1.54) is 11.3 Å². The van der Waals surface area contributed by atoms with E-state index in [0.29, 0.717) is 0 Å². The van der Waals surface area contributed by atoms with Gasteiger partial charge in [-0.15, -0.1) is 11.8 Å². The number of hydrogen-bond donors (Lipinski definition) is 2. The first-order valence-electron chi connectivity index (χ1n) is 5.27. The molecule has 0 atom stereocenters. The monoisotopic (exact) mass is 300 g/mol. The number of amidine groups is 1. The summed E-state index contributed by atoms with van der Waals surface area (Å²) in [6, 6.07) is 5.82. The highest BCUT2D eigenvalue weighted by Crippen LogP contribution is 2.29. The average molecular weight is 301 g/mol. The van der Waals surface area contributed by atoms with Crippen LogP contribution in [0, 0.1) is 11.3 Å². The molecule has 0 aliphatic heterocycles. The first kappa shape index (κ1) is 13.6. The van der Waals surface area contributed by atoms with Gasteiger partial charge in [-0.3, -0.25) is 5.41 Å². The van der Waals surface area contributed by atoms with E-state index >= 15 is 0 Å². The van der Waals surface area contributed by atoms with E-state index in [9.17, 15) is 0 Å². The zero-order valence-corrected chi connectivity index (χ0v) is 12.0. The second kappa shape index (κ2) is 6.30. The molecule has 4 heteroatoms. The maximum absolute atomic E-state index is 7.35. The van der Waals surface area contributed by atoms with Crippen molar-refractivity contribution in [3.05, 3.63) is 28.2 Å². The van der Waals surface area contributed by atoms with Gasteiger partial charge in [-0.05, 0) is 46.2 Å². The topological polar surface area (TPSA) is 49.9 Å². The van der Waals surface area contributed by atoms with Crippen molar-refractivity contribution in [1.82, 2.24) is 0 Å². The van der Waals surface area contributed by atoms with Crippen LogP contribution in [0.15, 0.2) is 27.6 Å². The van der Waals surface area contributed by atoms with Crippen molar-refractivity contribution in [2.75, 3.05) is 5.75 Å². The minimum absolute atomic E-state index is 0.111. The Labute approximate surface area is 110 Å². The molecule has 0 spiro atoms. The lowest BCUT2D eigenvalue weighted by molar-refractivity contribution is 0.632. The third kappa shape index (κ3) is 4.18. The molecular formula is C12H17BrN2S. The molecular weight excluding hydrogens is 284 g/mol. The van der Waals surface area contributed by atoms with Gasteiger partial charge in [-0.2, -0.15) is 0 Å². The minimum atomic E-state index is 0.111. The standard InChI is InChI=1S/C12H17BrN2S/c1-8(2)5-6-16-11-4-3-9(12(14)15)7-10(11)13/h3-4,7-8H,5-6H2,1-2H3,(H3,14,15). The van der Waals surface area contributed by atoms with Crippen molar-refractivity contribution in [3.8, 4) is 0 Å². The average Bonchev–Trinajstić information content (AvgIpc) is 2.19. The molecule has 1 rings (SSSR count). The Morgan fingerprint density at radius 2 is 2.19 bits per heavy atom. The van der Waals surface area contributed by atoms with Crippen molar-refractivity contribution in [3.63, 3.8) is 0 Å². The Balaban J connectivity index is 2.64. The smallest absolute Gasteiger partial charge is 0.122 e. The van der Waals surface area contributed by atoms with Crippen LogP contribution in [0.1, 0.15) is 25.8 Å². The van der Waals surface area contributed by atoms with Crippen LogP contribution in [0.4, 0.5) is 0 Å². The number of nitrogen functional groups attached to an aromatic ring is 1. The van der Waals surface area contributed by atoms with Crippen molar-refractivity contribution in [1.29, 1.82) is 5.41 Å². The van der Waals surface area contributed by atoms with Crippen LogP contribution in [-0.4, -0.2) is 11.6 Å². The Morgan fingerprint density at radius 3 is 2.69 bits per heavy atom. The molecule has 88 valence electrons. The van der Waals surface area contributed by atoms with E-state index in [4.69, 9.17) is 11.1 Å². The second-order valence-corrected chi connectivity index (χ2v) is 6.08. The summed E-state index contributed by atoms with van der Waals surface area (Å²) in [5.74, 6) is 1.97. The van der Waals surface area contributed by atoms with E-state index in [1.54, 1.807) is 0 Å². The van der Waals surface area contributed by atoms with Gasteiger partial charge in [0.2, 0.25) is 0 Å². The molecule has 1 aromatic carbocycles. The molecule has 0 aromatic heterocycles. The molecule has 0 radical (unpaired) electrons. The third-order valence-electron chi connectivity index (χ3n) is 2.20. The molecule has 0 aliphatic rings. The van der Waals surface area contributed by atoms with Crippen molar-refractivity contribution in [2.45, 2.75) is 25.2 Å². The summed E-state index contributed by atoms with van der Waals surface area (Å²) < 4.78 is 1.02. The van der Waals surface area contributed by atoms with Crippen LogP contribution in [0.3, 0.4) is 0 Å². The fourth-order valence-corrected chi connectivity index (χ4v) is 3.08. The molecule has 0 bridgehead atoms. The molecule has 0 aliphatic carbocycles. The molecule has 3 N–H and O–H groups in total. The van der Waals surface area contributed by atoms with Crippen LogP contribution < -0.4 is 5.73 Å². The van der Waals surface area contributed by atoms with E-state index < -0.39 is 0 Å². The van der Waals surface area contributed by atoms with Crippen LogP contribution >= 0.6 is 27.7 Å². The summed E-state index contributed by atoms with van der Waals surface area (Å²) in [5.41, 5.74) is 6.19. The zero-order valence-electron chi connectivity index (χ0n) is 9.59. The highest BCUT2D eigenvalue weighted by molar-refractivity contribution is 9.10. The van der Waals surface area contributed by atoms with Crippen molar-refractivity contribution < 1.29 is 0 Å². The predicted octanol–water partition coefficient (Wildman–Crippen LogP) is 3.87. The summed E-state index contributed by atoms with van der Waals surface area (Å²) >= 11 is 5.35. The van der Waals surface area contributed by atoms with Gasteiger partial charge in [0.25, 0.3) is 0 Å². The Bertz CT molecular complexity index is 377. The largest absolute Gasteiger partial charge is 0.384 e. The fraction of sp³-hybridized carbons (Fsp3) is 0.417. The zero-order chi connectivity index (χ0) is 12.1. The van der Waals surface area contributed by atoms with E-state index in [1.807, 2.05) is 30.0 Å². The van der Waals surface area contributed by atoms with E-state index in [-0.39, 0.29) is 5.84 Å². The minimum Gasteiger partial charge on any atom is -0.384 e. The lowest BCUT2D eigenvalue weighted by Gasteiger charge is -2.07. The van der Waals surface area contributed by atoms with Crippen LogP contribution in [0.5, 0.6) is 0 Å². The Hall–Kier alpha value is -0.480. The highest BCUT2D eigenvalue weighted by Gasteiger charge is 2.04. The molecule has 16 heavy (non-hydrogen) atoms. The fourth-order valence-electron chi connectivity index (χ4n) is 1.19. The molecule has 0 saturated heterocycles. The summed E-state index contributed by atoms with van der Waals surface area (Å²) in [6.07, 6.45) is 1.21. The maximum Gasteiger partial charge on any atom is 0.122 e. The van der Waals surface area contributed by atoms with E-state index in [2.05, 4.69) is 29.8 Å². The molecule has 0 saturated carbocycles. The van der Waals surface area contributed by atoms with E-state index in [0.717, 1.165) is 21.7 Å². The molecule has 0 unspecified atom stereocenters. The number of hydrogen-bond acceptors (Lipinski definition) is 2. The molecule has 0 heterocycles. The summed E-state index contributed by atoms with van der Waals surface area (Å²) in [5, 5.41) is 7.35. The van der Waals surface area contributed by atoms with Crippen LogP contribution in [0.25, 0.3) is 0 Å². The summed E-state index contributed by atoms with van der Waals surface area (Å²) in [7, 11) is 0. The quantitative estimate of drug-likeness (QED) is 0.493.